The normalized spacial score (nSPS) is 19.9. The van der Waals surface area contributed by atoms with Crippen molar-refractivity contribution in [3.63, 3.8) is 0 Å². The Balaban J connectivity index is 1.39. The van der Waals surface area contributed by atoms with E-state index in [1.54, 1.807) is 0 Å². The number of nitrogens with zero attached hydrogens (tertiary/aromatic N) is 1. The predicted molar refractivity (Wildman–Crippen MR) is 102 cm³/mol. The molecule has 2 N–H and O–H groups in total. The van der Waals surface area contributed by atoms with Gasteiger partial charge in [0.05, 0.1) is 0 Å². The first-order chi connectivity index (χ1) is 12.1. The summed E-state index contributed by atoms with van der Waals surface area (Å²) in [5.41, 5.74) is 4.61. The van der Waals surface area contributed by atoms with Crippen LogP contribution in [0.2, 0.25) is 0 Å². The summed E-state index contributed by atoms with van der Waals surface area (Å²) < 4.78 is 0. The van der Waals surface area contributed by atoms with Crippen LogP contribution in [-0.4, -0.2) is 42.0 Å². The van der Waals surface area contributed by atoms with Gasteiger partial charge in [-0.25, -0.2) is 0 Å². The molecule has 0 bridgehead atoms. The number of aryl methyl sites for hydroxylation is 2. The van der Waals surface area contributed by atoms with Crippen LogP contribution in [0.15, 0.2) is 18.2 Å². The average molecular weight is 339 g/mol. The molecule has 4 rings (SSSR count). The van der Waals surface area contributed by atoms with Gasteiger partial charge in [-0.1, -0.05) is 6.42 Å². The number of fused-ring (bicyclic) bond motifs is 1. The predicted octanol–water partition coefficient (Wildman–Crippen LogP) is 3.78. The Morgan fingerprint density at radius 1 is 1.20 bits per heavy atom. The summed E-state index contributed by atoms with van der Waals surface area (Å²) in [5, 5.41) is 4.36. The molecule has 1 amide bonds. The van der Waals surface area contributed by atoms with Gasteiger partial charge in [0.15, 0.2) is 0 Å². The van der Waals surface area contributed by atoms with Crippen LogP contribution in [0.5, 0.6) is 0 Å². The minimum atomic E-state index is 0.0603. The Labute approximate surface area is 150 Å². The summed E-state index contributed by atoms with van der Waals surface area (Å²) in [6.07, 6.45) is 6.54. The SMILES string of the molecule is Cc1[nH]c2ccc(C(=O)NCC3(CN4CCCCC4)CC3)cc2c1C. The van der Waals surface area contributed by atoms with E-state index in [4.69, 9.17) is 0 Å². The van der Waals surface area contributed by atoms with Crippen molar-refractivity contribution in [3.8, 4) is 0 Å². The molecule has 2 aromatic rings. The van der Waals surface area contributed by atoms with Gasteiger partial charge in [0.2, 0.25) is 0 Å². The van der Waals surface area contributed by atoms with E-state index in [1.165, 1.54) is 56.5 Å². The van der Waals surface area contributed by atoms with Crippen LogP contribution in [0.4, 0.5) is 0 Å². The van der Waals surface area contributed by atoms with Crippen LogP contribution in [0.1, 0.15) is 53.7 Å². The lowest BCUT2D eigenvalue weighted by Gasteiger charge is -2.30. The fourth-order valence-corrected chi connectivity index (χ4v) is 4.13. The molecule has 0 unspecified atom stereocenters. The van der Waals surface area contributed by atoms with Crippen molar-refractivity contribution >= 4 is 16.8 Å². The summed E-state index contributed by atoms with van der Waals surface area (Å²) in [4.78, 5) is 18.6. The van der Waals surface area contributed by atoms with Crippen molar-refractivity contribution in [3.05, 3.63) is 35.0 Å². The third-order valence-corrected chi connectivity index (χ3v) is 6.16. The van der Waals surface area contributed by atoms with E-state index in [-0.39, 0.29) is 5.91 Å². The highest BCUT2D eigenvalue weighted by Gasteiger charge is 2.44. The Morgan fingerprint density at radius 2 is 1.96 bits per heavy atom. The van der Waals surface area contributed by atoms with Gasteiger partial charge in [0.1, 0.15) is 0 Å². The van der Waals surface area contributed by atoms with Gasteiger partial charge in [0.25, 0.3) is 5.91 Å². The molecule has 1 aliphatic heterocycles. The highest BCUT2D eigenvalue weighted by Crippen LogP contribution is 2.46. The van der Waals surface area contributed by atoms with Crippen molar-refractivity contribution in [2.45, 2.75) is 46.0 Å². The average Bonchev–Trinajstić information content (AvgIpc) is 3.33. The molecule has 1 aromatic carbocycles. The van der Waals surface area contributed by atoms with Crippen LogP contribution < -0.4 is 5.32 Å². The smallest absolute Gasteiger partial charge is 0.251 e. The molecule has 0 atom stereocenters. The number of carbonyl (C=O) groups is 1. The van der Waals surface area contributed by atoms with Crippen LogP contribution >= 0.6 is 0 Å². The lowest BCUT2D eigenvalue weighted by Crippen LogP contribution is -2.40. The second-order valence-corrected chi connectivity index (χ2v) is 8.15. The maximum absolute atomic E-state index is 12.6. The summed E-state index contributed by atoms with van der Waals surface area (Å²) in [6.45, 7) is 8.62. The van der Waals surface area contributed by atoms with Gasteiger partial charge < -0.3 is 15.2 Å². The lowest BCUT2D eigenvalue weighted by atomic mass is 10.0. The Hall–Kier alpha value is -1.81. The van der Waals surface area contributed by atoms with Gasteiger partial charge in [-0.3, -0.25) is 4.79 Å². The molecule has 0 radical (unpaired) electrons. The Kier molecular flexibility index (Phi) is 4.32. The van der Waals surface area contributed by atoms with E-state index < -0.39 is 0 Å². The molecule has 2 aliphatic rings. The number of carbonyl (C=O) groups excluding carboxylic acids is 1. The fourth-order valence-electron chi connectivity index (χ4n) is 4.13. The van der Waals surface area contributed by atoms with Gasteiger partial charge in [-0.15, -0.1) is 0 Å². The number of H-pyrrole nitrogens is 1. The number of rotatable bonds is 5. The number of likely N-dealkylation sites (tertiary alicyclic amines) is 1. The second-order valence-electron chi connectivity index (χ2n) is 8.15. The molecule has 1 saturated heterocycles. The highest BCUT2D eigenvalue weighted by atomic mass is 16.1. The zero-order valence-electron chi connectivity index (χ0n) is 15.5. The highest BCUT2D eigenvalue weighted by molar-refractivity contribution is 5.99. The minimum Gasteiger partial charge on any atom is -0.358 e. The van der Waals surface area contributed by atoms with Crippen LogP contribution in [0.3, 0.4) is 0 Å². The minimum absolute atomic E-state index is 0.0603. The van der Waals surface area contributed by atoms with Crippen molar-refractivity contribution in [2.24, 2.45) is 5.41 Å². The number of aromatic nitrogens is 1. The van der Waals surface area contributed by atoms with Crippen molar-refractivity contribution in [1.29, 1.82) is 0 Å². The van der Waals surface area contributed by atoms with E-state index in [2.05, 4.69) is 29.0 Å². The molecule has 2 fully saturated rings. The van der Waals surface area contributed by atoms with E-state index in [9.17, 15) is 4.79 Å². The first-order valence-corrected chi connectivity index (χ1v) is 9.66. The summed E-state index contributed by atoms with van der Waals surface area (Å²) in [5.74, 6) is 0.0603. The van der Waals surface area contributed by atoms with Crippen molar-refractivity contribution < 1.29 is 4.79 Å². The van der Waals surface area contributed by atoms with Gasteiger partial charge >= 0.3 is 0 Å². The van der Waals surface area contributed by atoms with Crippen LogP contribution in [-0.2, 0) is 0 Å². The maximum atomic E-state index is 12.6. The van der Waals surface area contributed by atoms with Crippen LogP contribution in [0, 0.1) is 19.3 Å². The van der Waals surface area contributed by atoms with E-state index in [0.717, 1.165) is 29.6 Å². The van der Waals surface area contributed by atoms with Gasteiger partial charge in [0, 0.05) is 40.7 Å². The largest absolute Gasteiger partial charge is 0.358 e. The van der Waals surface area contributed by atoms with E-state index >= 15 is 0 Å². The van der Waals surface area contributed by atoms with E-state index in [0.29, 0.717) is 5.41 Å². The third-order valence-electron chi connectivity index (χ3n) is 6.16. The molecule has 4 heteroatoms. The zero-order valence-corrected chi connectivity index (χ0v) is 15.5. The third kappa shape index (κ3) is 3.45. The molecular weight excluding hydrogens is 310 g/mol. The number of benzene rings is 1. The van der Waals surface area contributed by atoms with Gasteiger partial charge in [-0.2, -0.15) is 0 Å². The molecule has 1 aliphatic carbocycles. The fraction of sp³-hybridized carbons (Fsp3) is 0.571. The molecule has 1 saturated carbocycles. The van der Waals surface area contributed by atoms with E-state index in [1.807, 2.05) is 18.2 Å². The summed E-state index contributed by atoms with van der Waals surface area (Å²) in [6, 6.07) is 5.97. The summed E-state index contributed by atoms with van der Waals surface area (Å²) in [7, 11) is 0. The monoisotopic (exact) mass is 339 g/mol. The lowest BCUT2D eigenvalue weighted by molar-refractivity contribution is 0.0936. The topological polar surface area (TPSA) is 48.1 Å². The van der Waals surface area contributed by atoms with Gasteiger partial charge in [-0.05, 0) is 76.4 Å². The van der Waals surface area contributed by atoms with Crippen molar-refractivity contribution in [1.82, 2.24) is 15.2 Å². The van der Waals surface area contributed by atoms with Crippen molar-refractivity contribution in [2.75, 3.05) is 26.2 Å². The molecular formula is C21H29N3O. The molecule has 4 nitrogen and oxygen atoms in total. The maximum Gasteiger partial charge on any atom is 0.251 e. The second kappa shape index (κ2) is 6.49. The number of nitrogens with one attached hydrogen (secondary N) is 2. The van der Waals surface area contributed by atoms with Crippen LogP contribution in [0.25, 0.3) is 10.9 Å². The molecule has 0 spiro atoms. The number of amides is 1. The number of hydrogen-bond acceptors (Lipinski definition) is 2. The Bertz CT molecular complexity index is 782. The molecule has 1 aromatic heterocycles. The number of hydrogen-bond donors (Lipinski definition) is 2. The molecule has 134 valence electrons. The standard InChI is InChI=1S/C21H29N3O/c1-15-16(2)23-19-7-6-17(12-18(15)19)20(25)22-13-21(8-9-21)14-24-10-4-3-5-11-24/h6-7,12,23H,3-5,8-11,13-14H2,1-2H3,(H,22,25). The molecule has 25 heavy (non-hydrogen) atoms. The summed E-state index contributed by atoms with van der Waals surface area (Å²) >= 11 is 0. The Morgan fingerprint density at radius 3 is 2.68 bits per heavy atom. The number of aromatic amines is 1. The first kappa shape index (κ1) is 16.6. The number of piperidine rings is 1. The first-order valence-electron chi connectivity index (χ1n) is 9.66. The zero-order chi connectivity index (χ0) is 17.4. The quantitative estimate of drug-likeness (QED) is 0.871. The molecule has 2 heterocycles.